The zero-order chi connectivity index (χ0) is 24.6. The third kappa shape index (κ3) is 5.25. The minimum Gasteiger partial charge on any atom is -0.748 e. The van der Waals surface area contributed by atoms with Gasteiger partial charge in [0.2, 0.25) is 12.2 Å². The molecular formula is C25H22ClN3O3S3. The van der Waals surface area contributed by atoms with Crippen LogP contribution in [0.4, 0.5) is 5.69 Å². The SMILES string of the molecule is NC[n+]1c(C=C2Sc3ccc(Cl)cc3N2CCCS(=O)(=O)[O-])sc2ccc(-c3ccccc3)cc21. The van der Waals surface area contributed by atoms with Gasteiger partial charge in [0, 0.05) is 28.3 Å². The number of hydrogen-bond donors (Lipinski definition) is 1. The first kappa shape index (κ1) is 24.3. The number of thioether (sulfide) groups is 1. The second-order valence-corrected chi connectivity index (χ2v) is 12.1. The van der Waals surface area contributed by atoms with E-state index in [1.807, 2.05) is 41.3 Å². The van der Waals surface area contributed by atoms with E-state index in [0.29, 0.717) is 18.2 Å². The van der Waals surface area contributed by atoms with E-state index in [-0.39, 0.29) is 6.42 Å². The van der Waals surface area contributed by atoms with E-state index in [0.717, 1.165) is 42.0 Å². The van der Waals surface area contributed by atoms with Gasteiger partial charge in [-0.3, -0.25) is 5.73 Å². The van der Waals surface area contributed by atoms with Crippen LogP contribution in [0.3, 0.4) is 0 Å². The number of halogens is 1. The molecule has 4 aromatic rings. The van der Waals surface area contributed by atoms with Crippen molar-refractivity contribution in [1.82, 2.24) is 0 Å². The summed E-state index contributed by atoms with van der Waals surface area (Å²) in [7, 11) is -4.28. The van der Waals surface area contributed by atoms with Crippen LogP contribution < -0.4 is 15.2 Å². The minimum atomic E-state index is -4.28. The lowest BCUT2D eigenvalue weighted by Crippen LogP contribution is -2.39. The molecule has 0 spiro atoms. The molecule has 5 rings (SSSR count). The van der Waals surface area contributed by atoms with Crippen molar-refractivity contribution < 1.29 is 17.5 Å². The first-order valence-electron chi connectivity index (χ1n) is 10.9. The van der Waals surface area contributed by atoms with Gasteiger partial charge in [-0.15, -0.1) is 0 Å². The molecule has 2 N–H and O–H groups in total. The Balaban J connectivity index is 1.54. The topological polar surface area (TPSA) is 90.3 Å². The Hall–Kier alpha value is -2.40. The molecule has 2 heterocycles. The number of rotatable bonds is 7. The molecule has 0 fully saturated rings. The molecule has 35 heavy (non-hydrogen) atoms. The summed E-state index contributed by atoms with van der Waals surface area (Å²) in [6.07, 6.45) is 2.30. The molecule has 180 valence electrons. The Morgan fingerprint density at radius 2 is 1.86 bits per heavy atom. The summed E-state index contributed by atoms with van der Waals surface area (Å²) >= 11 is 9.48. The highest BCUT2D eigenvalue weighted by atomic mass is 35.5. The monoisotopic (exact) mass is 543 g/mol. The predicted molar refractivity (Wildman–Crippen MR) is 143 cm³/mol. The van der Waals surface area contributed by atoms with Crippen molar-refractivity contribution in [3.8, 4) is 11.1 Å². The van der Waals surface area contributed by atoms with Crippen LogP contribution in [-0.2, 0) is 16.8 Å². The summed E-state index contributed by atoms with van der Waals surface area (Å²) in [5.74, 6) is -0.411. The van der Waals surface area contributed by atoms with Crippen molar-refractivity contribution in [3.63, 3.8) is 0 Å². The van der Waals surface area contributed by atoms with E-state index < -0.39 is 15.9 Å². The van der Waals surface area contributed by atoms with Crippen LogP contribution in [0, 0.1) is 0 Å². The molecule has 0 unspecified atom stereocenters. The number of aromatic nitrogens is 1. The van der Waals surface area contributed by atoms with Crippen molar-refractivity contribution in [2.24, 2.45) is 5.73 Å². The van der Waals surface area contributed by atoms with Gasteiger partial charge in [-0.2, -0.15) is 4.57 Å². The van der Waals surface area contributed by atoms with Crippen LogP contribution in [0.5, 0.6) is 0 Å². The van der Waals surface area contributed by atoms with Gasteiger partial charge in [-0.05, 0) is 41.8 Å². The maximum atomic E-state index is 11.2. The largest absolute Gasteiger partial charge is 0.748 e. The normalized spacial score (nSPS) is 14.7. The molecule has 10 heteroatoms. The molecule has 0 saturated carbocycles. The lowest BCUT2D eigenvalue weighted by molar-refractivity contribution is -0.667. The zero-order valence-electron chi connectivity index (χ0n) is 18.6. The molecule has 0 aliphatic carbocycles. The van der Waals surface area contributed by atoms with Crippen LogP contribution in [0.1, 0.15) is 11.4 Å². The minimum absolute atomic E-state index is 0.222. The Morgan fingerprint density at radius 3 is 2.60 bits per heavy atom. The molecule has 6 nitrogen and oxygen atoms in total. The van der Waals surface area contributed by atoms with Crippen LogP contribution in [0.15, 0.2) is 76.7 Å². The van der Waals surface area contributed by atoms with Gasteiger partial charge >= 0.3 is 0 Å². The molecule has 0 amide bonds. The smallest absolute Gasteiger partial charge is 0.266 e. The third-order valence-corrected chi connectivity index (χ3v) is 8.98. The molecule has 0 radical (unpaired) electrons. The second-order valence-electron chi connectivity index (χ2n) is 8.06. The fraction of sp³-hybridized carbons (Fsp3) is 0.160. The molecule has 0 saturated heterocycles. The molecule has 1 aromatic heterocycles. The van der Waals surface area contributed by atoms with Gasteiger partial charge < -0.3 is 9.45 Å². The summed E-state index contributed by atoms with van der Waals surface area (Å²) < 4.78 is 36.7. The maximum Gasteiger partial charge on any atom is 0.266 e. The zero-order valence-corrected chi connectivity index (χ0v) is 21.8. The van der Waals surface area contributed by atoms with E-state index >= 15 is 0 Å². The summed E-state index contributed by atoms with van der Waals surface area (Å²) in [5, 5.41) is 2.51. The molecule has 1 aliphatic rings. The Morgan fingerprint density at radius 1 is 1.06 bits per heavy atom. The summed E-state index contributed by atoms with van der Waals surface area (Å²) in [6, 6.07) is 22.2. The number of nitrogens with two attached hydrogens (primary N) is 1. The Bertz CT molecular complexity index is 1540. The Labute approximate surface area is 217 Å². The first-order chi connectivity index (χ1) is 16.8. The van der Waals surface area contributed by atoms with Crippen LogP contribution in [0.2, 0.25) is 5.02 Å². The second kappa shape index (κ2) is 9.93. The molecule has 0 atom stereocenters. The van der Waals surface area contributed by atoms with Gasteiger partial charge in [-0.1, -0.05) is 71.1 Å². The quantitative estimate of drug-likeness (QED) is 0.252. The number of hydrogen-bond acceptors (Lipinski definition) is 7. The first-order valence-corrected chi connectivity index (χ1v) is 14.5. The average Bonchev–Trinajstić information content (AvgIpc) is 3.35. The molecule has 0 bridgehead atoms. The fourth-order valence-corrected chi connectivity index (χ4v) is 7.04. The lowest BCUT2D eigenvalue weighted by Gasteiger charge is -2.20. The van der Waals surface area contributed by atoms with E-state index in [4.69, 9.17) is 17.3 Å². The molecule has 3 aromatic carbocycles. The fourth-order valence-electron chi connectivity index (χ4n) is 4.12. The van der Waals surface area contributed by atoms with Crippen LogP contribution in [0.25, 0.3) is 27.4 Å². The highest BCUT2D eigenvalue weighted by molar-refractivity contribution is 8.03. The summed E-state index contributed by atoms with van der Waals surface area (Å²) in [6.45, 7) is 0.703. The number of benzene rings is 3. The van der Waals surface area contributed by atoms with Crippen molar-refractivity contribution in [1.29, 1.82) is 0 Å². The number of nitrogens with zero attached hydrogens (tertiary/aromatic N) is 2. The van der Waals surface area contributed by atoms with E-state index in [9.17, 15) is 13.0 Å². The number of thiazole rings is 1. The highest BCUT2D eigenvalue weighted by Gasteiger charge is 2.28. The molecular weight excluding hydrogens is 522 g/mol. The molecule has 1 aliphatic heterocycles. The van der Waals surface area contributed by atoms with E-state index in [1.165, 1.54) is 0 Å². The maximum absolute atomic E-state index is 11.2. The van der Waals surface area contributed by atoms with E-state index in [2.05, 4.69) is 41.0 Å². The van der Waals surface area contributed by atoms with Gasteiger partial charge in [0.15, 0.2) is 0 Å². The number of fused-ring (bicyclic) bond motifs is 2. The van der Waals surface area contributed by atoms with Crippen LogP contribution >= 0.6 is 34.7 Å². The summed E-state index contributed by atoms with van der Waals surface area (Å²) in [4.78, 5) is 3.05. The van der Waals surface area contributed by atoms with E-state index in [1.54, 1.807) is 23.1 Å². The van der Waals surface area contributed by atoms with Gasteiger partial charge in [-0.25, -0.2) is 8.42 Å². The van der Waals surface area contributed by atoms with Gasteiger partial charge in [0.05, 0.1) is 26.9 Å². The van der Waals surface area contributed by atoms with Gasteiger partial charge in [0.1, 0.15) is 4.70 Å². The van der Waals surface area contributed by atoms with Crippen molar-refractivity contribution in [2.45, 2.75) is 18.0 Å². The third-order valence-electron chi connectivity index (χ3n) is 5.74. The van der Waals surface area contributed by atoms with Crippen molar-refractivity contribution >= 4 is 66.8 Å². The standard InChI is InChI=1S/C25H22ClN3O3S3/c26-19-8-10-23-21(14-19)28(11-4-12-35(30,31)32)24(33-23)15-25-29(16-27)20-13-18(7-9-22(20)34-25)17-5-2-1-3-6-17/h1-3,5-10,13-15H,4,11-12,16,27H2. The average molecular weight is 544 g/mol. The number of anilines is 1. The van der Waals surface area contributed by atoms with Crippen molar-refractivity contribution in [2.75, 3.05) is 17.2 Å². The Kier molecular flexibility index (Phi) is 6.89. The highest BCUT2D eigenvalue weighted by Crippen LogP contribution is 2.48. The predicted octanol–water partition coefficient (Wildman–Crippen LogP) is 5.27. The van der Waals surface area contributed by atoms with Gasteiger partial charge in [0.25, 0.3) is 5.01 Å². The summed E-state index contributed by atoms with van der Waals surface area (Å²) in [5.41, 5.74) is 10.4. The lowest BCUT2D eigenvalue weighted by atomic mass is 10.1. The van der Waals surface area contributed by atoms with Crippen molar-refractivity contribution in [3.05, 3.63) is 81.8 Å². The van der Waals surface area contributed by atoms with Crippen LogP contribution in [-0.4, -0.2) is 25.3 Å².